The number of Topliss-reactive ketones (excluding diaryl/α,β-unsaturated/α-hetero) is 1. The number of esters is 1. The Balaban J connectivity index is 1.57. The lowest BCUT2D eigenvalue weighted by Gasteiger charge is -2.19. The Morgan fingerprint density at radius 1 is 1.21 bits per heavy atom. The van der Waals surface area contributed by atoms with E-state index in [4.69, 9.17) is 4.74 Å². The largest absolute Gasteiger partial charge is 0.456 e. The van der Waals surface area contributed by atoms with Gasteiger partial charge in [-0.1, -0.05) is 19.8 Å². The molecule has 3 amide bonds. The topological polar surface area (TPSA) is 97.7 Å². The van der Waals surface area contributed by atoms with E-state index in [0.29, 0.717) is 18.4 Å². The number of nitrogens with zero attached hydrogens (tertiary/aromatic N) is 2. The van der Waals surface area contributed by atoms with E-state index in [1.54, 1.807) is 6.07 Å². The van der Waals surface area contributed by atoms with Crippen LogP contribution in [-0.2, 0) is 20.9 Å². The molecule has 8 heteroatoms. The molecule has 1 saturated carbocycles. The molecule has 0 radical (unpaired) electrons. The van der Waals surface area contributed by atoms with E-state index in [9.17, 15) is 19.2 Å². The number of rotatable bonds is 7. The van der Waals surface area contributed by atoms with Gasteiger partial charge in [-0.3, -0.25) is 19.3 Å². The Hall–Kier alpha value is -2.64. The van der Waals surface area contributed by atoms with Crippen molar-refractivity contribution in [3.05, 3.63) is 23.0 Å². The first-order chi connectivity index (χ1) is 13.3. The van der Waals surface area contributed by atoms with Crippen molar-refractivity contribution in [1.29, 1.82) is 0 Å². The Labute approximate surface area is 164 Å². The van der Waals surface area contributed by atoms with Crippen molar-refractivity contribution in [2.75, 3.05) is 13.2 Å². The molecule has 0 unspecified atom stereocenters. The van der Waals surface area contributed by atoms with Crippen LogP contribution in [0.5, 0.6) is 0 Å². The quantitative estimate of drug-likeness (QED) is 0.438. The van der Waals surface area contributed by atoms with Crippen LogP contribution in [0.25, 0.3) is 0 Å². The first kappa shape index (κ1) is 20.1. The molecule has 28 heavy (non-hydrogen) atoms. The lowest BCUT2D eigenvalue weighted by molar-refractivity contribution is -0.146. The van der Waals surface area contributed by atoms with Crippen LogP contribution < -0.4 is 5.32 Å². The predicted octanol–water partition coefficient (Wildman–Crippen LogP) is 2.11. The van der Waals surface area contributed by atoms with Crippen molar-refractivity contribution < 1.29 is 23.9 Å². The summed E-state index contributed by atoms with van der Waals surface area (Å²) >= 11 is 0. The molecule has 1 aliphatic carbocycles. The summed E-state index contributed by atoms with van der Waals surface area (Å²) in [7, 11) is 0. The molecule has 3 rings (SSSR count). The minimum atomic E-state index is -0.857. The van der Waals surface area contributed by atoms with Crippen LogP contribution in [0.4, 0.5) is 4.79 Å². The van der Waals surface area contributed by atoms with E-state index in [1.807, 2.05) is 13.8 Å². The summed E-state index contributed by atoms with van der Waals surface area (Å²) in [5, 5.41) is 2.71. The number of imide groups is 1. The SMILES string of the molecule is CCCn1c(C)cc(C(=O)COC(=O)CN2C(=O)NC3(CCCC3)C2=O)c1C. The number of aryl methyl sites for hydroxylation is 1. The first-order valence-electron chi connectivity index (χ1n) is 9.78. The van der Waals surface area contributed by atoms with Crippen LogP contribution in [0.1, 0.15) is 60.8 Å². The van der Waals surface area contributed by atoms with Gasteiger partial charge in [-0.2, -0.15) is 0 Å². The van der Waals surface area contributed by atoms with Gasteiger partial charge in [-0.25, -0.2) is 4.79 Å². The van der Waals surface area contributed by atoms with Crippen LogP contribution in [0.15, 0.2) is 6.07 Å². The molecule has 2 fully saturated rings. The van der Waals surface area contributed by atoms with E-state index < -0.39 is 30.7 Å². The number of urea groups is 1. The fraction of sp³-hybridized carbons (Fsp3) is 0.600. The average Bonchev–Trinajstić information content (AvgIpc) is 3.30. The minimum absolute atomic E-state index is 0.298. The van der Waals surface area contributed by atoms with Crippen molar-refractivity contribution in [2.45, 2.75) is 65.0 Å². The van der Waals surface area contributed by atoms with Crippen LogP contribution in [0.3, 0.4) is 0 Å². The van der Waals surface area contributed by atoms with E-state index in [1.165, 1.54) is 0 Å². The lowest BCUT2D eigenvalue weighted by atomic mass is 9.98. The van der Waals surface area contributed by atoms with Crippen molar-refractivity contribution in [2.24, 2.45) is 0 Å². The third-order valence-electron chi connectivity index (χ3n) is 5.68. The molecule has 1 aromatic rings. The van der Waals surface area contributed by atoms with Crippen LogP contribution >= 0.6 is 0 Å². The smallest absolute Gasteiger partial charge is 0.326 e. The summed E-state index contributed by atoms with van der Waals surface area (Å²) in [4.78, 5) is 50.1. The maximum absolute atomic E-state index is 12.5. The van der Waals surface area contributed by atoms with Crippen molar-refractivity contribution >= 4 is 23.7 Å². The molecule has 0 bridgehead atoms. The van der Waals surface area contributed by atoms with Crippen molar-refractivity contribution in [1.82, 2.24) is 14.8 Å². The average molecular weight is 389 g/mol. The number of carbonyl (C=O) groups is 4. The fourth-order valence-corrected chi connectivity index (χ4v) is 4.19. The highest BCUT2D eigenvalue weighted by Gasteiger charge is 2.52. The highest BCUT2D eigenvalue weighted by atomic mass is 16.5. The van der Waals surface area contributed by atoms with Gasteiger partial charge < -0.3 is 14.6 Å². The van der Waals surface area contributed by atoms with Crippen molar-refractivity contribution in [3.8, 4) is 0 Å². The standard InChI is InChI=1S/C20H27N3O5/c1-4-9-22-13(2)10-15(14(22)3)16(24)12-28-17(25)11-23-18(26)20(21-19(23)27)7-5-6-8-20/h10H,4-9,11-12H2,1-3H3,(H,21,27). The van der Waals surface area contributed by atoms with Crippen molar-refractivity contribution in [3.63, 3.8) is 0 Å². The number of carbonyl (C=O) groups excluding carboxylic acids is 4. The maximum Gasteiger partial charge on any atom is 0.326 e. The highest BCUT2D eigenvalue weighted by Crippen LogP contribution is 2.34. The van der Waals surface area contributed by atoms with Crippen LogP contribution in [-0.4, -0.2) is 51.8 Å². The Kier molecular flexibility index (Phi) is 5.58. The molecule has 0 atom stereocenters. The summed E-state index contributed by atoms with van der Waals surface area (Å²) < 4.78 is 7.12. The maximum atomic E-state index is 12.5. The zero-order valence-electron chi connectivity index (χ0n) is 16.7. The molecular formula is C20H27N3O5. The number of amides is 3. The third kappa shape index (κ3) is 3.55. The third-order valence-corrected chi connectivity index (χ3v) is 5.68. The van der Waals surface area contributed by atoms with E-state index in [2.05, 4.69) is 16.8 Å². The Morgan fingerprint density at radius 3 is 2.54 bits per heavy atom. The first-order valence-corrected chi connectivity index (χ1v) is 9.78. The molecule has 1 spiro atoms. The fourth-order valence-electron chi connectivity index (χ4n) is 4.19. The number of ketones is 1. The van der Waals surface area contributed by atoms with Gasteiger partial charge in [0, 0.05) is 23.5 Å². The number of hydrogen-bond donors (Lipinski definition) is 1. The monoisotopic (exact) mass is 389 g/mol. The molecule has 2 heterocycles. The highest BCUT2D eigenvalue weighted by molar-refractivity contribution is 6.09. The van der Waals surface area contributed by atoms with E-state index in [-0.39, 0.29) is 11.7 Å². The Bertz CT molecular complexity index is 820. The van der Waals surface area contributed by atoms with Gasteiger partial charge in [-0.05, 0) is 39.2 Å². The Morgan fingerprint density at radius 2 is 1.89 bits per heavy atom. The number of hydrogen-bond acceptors (Lipinski definition) is 5. The second-order valence-electron chi connectivity index (χ2n) is 7.63. The second kappa shape index (κ2) is 7.77. The number of aromatic nitrogens is 1. The molecule has 1 aromatic heterocycles. The van der Waals surface area contributed by atoms with E-state index in [0.717, 1.165) is 42.1 Å². The molecule has 1 saturated heterocycles. The van der Waals surface area contributed by atoms with Gasteiger partial charge in [0.15, 0.2) is 6.61 Å². The molecule has 0 aromatic carbocycles. The number of nitrogens with one attached hydrogen (secondary N) is 1. The lowest BCUT2D eigenvalue weighted by Crippen LogP contribution is -2.44. The number of ether oxygens (including phenoxy) is 1. The molecule has 152 valence electrons. The summed E-state index contributed by atoms with van der Waals surface area (Å²) in [6.45, 7) is 5.79. The van der Waals surface area contributed by atoms with Gasteiger partial charge in [0.2, 0.25) is 5.78 Å². The summed E-state index contributed by atoms with van der Waals surface area (Å²) in [6, 6.07) is 1.22. The van der Waals surface area contributed by atoms with Gasteiger partial charge in [0.1, 0.15) is 12.1 Å². The molecule has 2 aliphatic rings. The van der Waals surface area contributed by atoms with Gasteiger partial charge in [-0.15, -0.1) is 0 Å². The summed E-state index contributed by atoms with van der Waals surface area (Å²) in [5.41, 5.74) is 1.50. The summed E-state index contributed by atoms with van der Waals surface area (Å²) in [6.07, 6.45) is 3.88. The molecule has 1 aliphatic heterocycles. The van der Waals surface area contributed by atoms with E-state index >= 15 is 0 Å². The second-order valence-corrected chi connectivity index (χ2v) is 7.63. The minimum Gasteiger partial charge on any atom is -0.456 e. The zero-order valence-corrected chi connectivity index (χ0v) is 16.7. The molecular weight excluding hydrogens is 362 g/mol. The molecule has 8 nitrogen and oxygen atoms in total. The van der Waals surface area contributed by atoms with Gasteiger partial charge >= 0.3 is 12.0 Å². The van der Waals surface area contributed by atoms with Gasteiger partial charge in [0.25, 0.3) is 5.91 Å². The predicted molar refractivity (Wildman–Crippen MR) is 101 cm³/mol. The van der Waals surface area contributed by atoms with Crippen LogP contribution in [0, 0.1) is 13.8 Å². The summed E-state index contributed by atoms with van der Waals surface area (Å²) in [5.74, 6) is -1.44. The van der Waals surface area contributed by atoms with Gasteiger partial charge in [0.05, 0.1) is 0 Å². The zero-order chi connectivity index (χ0) is 20.5. The van der Waals surface area contributed by atoms with Crippen LogP contribution in [0.2, 0.25) is 0 Å². The molecule has 1 N–H and O–H groups in total. The normalized spacial score (nSPS) is 18.0.